The quantitative estimate of drug-likeness (QED) is 0.793. The number of benzene rings is 1. The first kappa shape index (κ1) is 11.8. The Morgan fingerprint density at radius 2 is 2.24 bits per heavy atom. The second kappa shape index (κ2) is 4.67. The zero-order valence-corrected chi connectivity index (χ0v) is 10.5. The van der Waals surface area contributed by atoms with Gasteiger partial charge >= 0.3 is 0 Å². The number of nitrogens with zero attached hydrogens (tertiary/aromatic N) is 2. The molecule has 1 atom stereocenters. The van der Waals surface area contributed by atoms with E-state index in [2.05, 4.69) is 24.8 Å². The third-order valence-corrected chi connectivity index (χ3v) is 3.58. The van der Waals surface area contributed by atoms with Crippen LogP contribution in [0.1, 0.15) is 32.3 Å². The summed E-state index contributed by atoms with van der Waals surface area (Å²) in [6, 6.07) is 8.42. The molecule has 0 aliphatic carbocycles. The van der Waals surface area contributed by atoms with Gasteiger partial charge in [0, 0.05) is 12.6 Å². The fourth-order valence-electron chi connectivity index (χ4n) is 2.69. The second-order valence-corrected chi connectivity index (χ2v) is 5.00. The Morgan fingerprint density at radius 1 is 1.47 bits per heavy atom. The van der Waals surface area contributed by atoms with Crippen LogP contribution in [-0.2, 0) is 0 Å². The van der Waals surface area contributed by atoms with E-state index in [1.165, 1.54) is 12.8 Å². The molecule has 1 aromatic carbocycles. The second-order valence-electron chi connectivity index (χ2n) is 5.00. The molecule has 1 heterocycles. The lowest BCUT2D eigenvalue weighted by Crippen LogP contribution is -2.33. The first-order valence-electron chi connectivity index (χ1n) is 6.20. The van der Waals surface area contributed by atoms with Crippen molar-refractivity contribution >= 4 is 11.4 Å². The summed E-state index contributed by atoms with van der Waals surface area (Å²) in [5, 5.41) is 9.01. The summed E-state index contributed by atoms with van der Waals surface area (Å²) in [6.45, 7) is 5.53. The molecule has 1 aromatic rings. The molecule has 1 unspecified atom stereocenters. The van der Waals surface area contributed by atoms with E-state index in [1.807, 2.05) is 12.1 Å². The maximum absolute atomic E-state index is 9.01. The molecule has 0 spiro atoms. The summed E-state index contributed by atoms with van der Waals surface area (Å²) in [4.78, 5) is 2.36. The highest BCUT2D eigenvalue weighted by Gasteiger charge is 2.28. The minimum Gasteiger partial charge on any atom is -0.396 e. The predicted octanol–water partition coefficient (Wildman–Crippen LogP) is 2.77. The van der Waals surface area contributed by atoms with Crippen LogP contribution in [0.2, 0.25) is 0 Å². The lowest BCUT2D eigenvalue weighted by Gasteiger charge is -2.30. The van der Waals surface area contributed by atoms with Gasteiger partial charge in [0.05, 0.1) is 16.9 Å². The number of nitrogens with two attached hydrogens (primary N) is 1. The number of nitrogen functional groups attached to an aromatic ring is 1. The minimum absolute atomic E-state index is 0.547. The number of rotatable bonds is 2. The van der Waals surface area contributed by atoms with Crippen LogP contribution >= 0.6 is 0 Å². The van der Waals surface area contributed by atoms with Crippen LogP contribution in [0, 0.1) is 17.2 Å². The minimum atomic E-state index is 0.547. The van der Waals surface area contributed by atoms with E-state index in [0.717, 1.165) is 12.2 Å². The number of hydrogen-bond donors (Lipinski definition) is 1. The molecule has 1 fully saturated rings. The van der Waals surface area contributed by atoms with Crippen molar-refractivity contribution in [2.45, 2.75) is 32.7 Å². The van der Waals surface area contributed by atoms with Crippen molar-refractivity contribution in [1.82, 2.24) is 0 Å². The largest absolute Gasteiger partial charge is 0.396 e. The van der Waals surface area contributed by atoms with Gasteiger partial charge in [-0.1, -0.05) is 19.9 Å². The van der Waals surface area contributed by atoms with Crippen LogP contribution in [0.15, 0.2) is 18.2 Å². The van der Waals surface area contributed by atoms with Gasteiger partial charge < -0.3 is 10.6 Å². The first-order valence-corrected chi connectivity index (χ1v) is 6.20. The molecule has 0 radical (unpaired) electrons. The Balaban J connectivity index is 2.37. The van der Waals surface area contributed by atoms with Gasteiger partial charge in [-0.2, -0.15) is 5.26 Å². The lowest BCUT2D eigenvalue weighted by molar-refractivity contribution is 0.492. The fourth-order valence-corrected chi connectivity index (χ4v) is 2.69. The van der Waals surface area contributed by atoms with Crippen molar-refractivity contribution in [3.63, 3.8) is 0 Å². The van der Waals surface area contributed by atoms with E-state index in [9.17, 15) is 0 Å². The van der Waals surface area contributed by atoms with Gasteiger partial charge in [-0.25, -0.2) is 0 Å². The first-order chi connectivity index (χ1) is 8.15. The molecule has 3 heteroatoms. The van der Waals surface area contributed by atoms with E-state index >= 15 is 0 Å². The number of para-hydroxylation sites is 1. The SMILES string of the molecule is CC(C)C1CCCN1c1cccc(C#N)c1N. The summed E-state index contributed by atoms with van der Waals surface area (Å²) in [5.41, 5.74) is 8.31. The molecule has 0 amide bonds. The summed E-state index contributed by atoms with van der Waals surface area (Å²) in [6.07, 6.45) is 2.42. The summed E-state index contributed by atoms with van der Waals surface area (Å²) in [5.74, 6) is 0.614. The molecule has 0 bridgehead atoms. The highest BCUT2D eigenvalue weighted by atomic mass is 15.2. The number of nitriles is 1. The maximum atomic E-state index is 9.01. The molecule has 1 aliphatic heterocycles. The highest BCUT2D eigenvalue weighted by Crippen LogP contribution is 2.34. The molecular formula is C14H19N3. The Labute approximate surface area is 103 Å². The average Bonchev–Trinajstić information content (AvgIpc) is 2.78. The molecule has 0 aromatic heterocycles. The molecule has 3 nitrogen and oxygen atoms in total. The molecule has 1 saturated heterocycles. The Morgan fingerprint density at radius 3 is 2.88 bits per heavy atom. The number of anilines is 2. The van der Waals surface area contributed by atoms with Crippen molar-refractivity contribution in [2.75, 3.05) is 17.2 Å². The number of hydrogen-bond acceptors (Lipinski definition) is 3. The topological polar surface area (TPSA) is 53.0 Å². The normalized spacial score (nSPS) is 19.6. The van der Waals surface area contributed by atoms with E-state index in [1.54, 1.807) is 6.07 Å². The summed E-state index contributed by atoms with van der Waals surface area (Å²) >= 11 is 0. The van der Waals surface area contributed by atoms with Gasteiger partial charge in [0.2, 0.25) is 0 Å². The van der Waals surface area contributed by atoms with Gasteiger partial charge in [0.15, 0.2) is 0 Å². The van der Waals surface area contributed by atoms with Crippen molar-refractivity contribution in [3.8, 4) is 6.07 Å². The average molecular weight is 229 g/mol. The Hall–Kier alpha value is -1.69. The van der Waals surface area contributed by atoms with E-state index in [0.29, 0.717) is 23.2 Å². The molecule has 2 rings (SSSR count). The van der Waals surface area contributed by atoms with Crippen molar-refractivity contribution < 1.29 is 0 Å². The molecule has 1 aliphatic rings. The smallest absolute Gasteiger partial charge is 0.101 e. The molecular weight excluding hydrogens is 210 g/mol. The zero-order valence-electron chi connectivity index (χ0n) is 10.5. The Kier molecular flexibility index (Phi) is 3.23. The van der Waals surface area contributed by atoms with Crippen molar-refractivity contribution in [3.05, 3.63) is 23.8 Å². The fraction of sp³-hybridized carbons (Fsp3) is 0.500. The van der Waals surface area contributed by atoms with Crippen LogP contribution in [0.25, 0.3) is 0 Å². The third-order valence-electron chi connectivity index (χ3n) is 3.58. The third kappa shape index (κ3) is 2.08. The van der Waals surface area contributed by atoms with Crippen LogP contribution in [0.4, 0.5) is 11.4 Å². The molecule has 17 heavy (non-hydrogen) atoms. The van der Waals surface area contributed by atoms with Crippen LogP contribution < -0.4 is 10.6 Å². The van der Waals surface area contributed by atoms with E-state index in [4.69, 9.17) is 11.0 Å². The zero-order chi connectivity index (χ0) is 12.4. The predicted molar refractivity (Wildman–Crippen MR) is 70.8 cm³/mol. The summed E-state index contributed by atoms with van der Waals surface area (Å²) in [7, 11) is 0. The van der Waals surface area contributed by atoms with Gasteiger partial charge in [-0.15, -0.1) is 0 Å². The van der Waals surface area contributed by atoms with Crippen LogP contribution in [0.3, 0.4) is 0 Å². The van der Waals surface area contributed by atoms with Gasteiger partial charge in [0.1, 0.15) is 6.07 Å². The van der Waals surface area contributed by atoms with Crippen LogP contribution in [0.5, 0.6) is 0 Å². The van der Waals surface area contributed by atoms with Gasteiger partial charge in [-0.05, 0) is 30.9 Å². The molecule has 90 valence electrons. The summed E-state index contributed by atoms with van der Waals surface area (Å²) < 4.78 is 0. The van der Waals surface area contributed by atoms with Gasteiger partial charge in [-0.3, -0.25) is 0 Å². The van der Waals surface area contributed by atoms with Crippen molar-refractivity contribution in [2.24, 2.45) is 5.92 Å². The Bertz CT molecular complexity index is 445. The van der Waals surface area contributed by atoms with Crippen molar-refractivity contribution in [1.29, 1.82) is 5.26 Å². The molecule has 2 N–H and O–H groups in total. The molecule has 0 saturated carbocycles. The van der Waals surface area contributed by atoms with Gasteiger partial charge in [0.25, 0.3) is 0 Å². The lowest BCUT2D eigenvalue weighted by atomic mass is 10.0. The monoisotopic (exact) mass is 229 g/mol. The highest BCUT2D eigenvalue weighted by molar-refractivity contribution is 5.74. The standard InChI is InChI=1S/C14H19N3/c1-10(2)12-7-4-8-17(12)13-6-3-5-11(9-15)14(13)16/h3,5-6,10,12H,4,7-8,16H2,1-2H3. The van der Waals surface area contributed by atoms with Crippen LogP contribution in [-0.4, -0.2) is 12.6 Å². The van der Waals surface area contributed by atoms with E-state index < -0.39 is 0 Å². The van der Waals surface area contributed by atoms with E-state index in [-0.39, 0.29) is 0 Å². The maximum Gasteiger partial charge on any atom is 0.101 e.